The molecule has 1 spiro atoms. The molecule has 0 fully saturated rings. The Morgan fingerprint density at radius 3 is 1.27 bits per heavy atom. The van der Waals surface area contributed by atoms with Crippen LogP contribution >= 0.6 is 0 Å². The second-order valence-corrected chi connectivity index (χ2v) is 14.8. The van der Waals surface area contributed by atoms with E-state index in [1.807, 2.05) is 0 Å². The highest BCUT2D eigenvalue weighted by Crippen LogP contribution is 2.63. The first kappa shape index (κ1) is 32.2. The molecule has 0 radical (unpaired) electrons. The average molecular weight is 712 g/mol. The highest BCUT2D eigenvalue weighted by Gasteiger charge is 2.51. The van der Waals surface area contributed by atoms with Gasteiger partial charge in [0.25, 0.3) is 0 Å². The Bertz CT molecular complexity index is 2850. The van der Waals surface area contributed by atoms with Gasteiger partial charge in [-0.2, -0.15) is 0 Å². The second kappa shape index (κ2) is 13.0. The van der Waals surface area contributed by atoms with E-state index in [-0.39, 0.29) is 0 Å². The normalized spacial score (nSPS) is 12.8. The molecule has 56 heavy (non-hydrogen) atoms. The van der Waals surface area contributed by atoms with Crippen molar-refractivity contribution in [2.24, 2.45) is 0 Å². The summed E-state index contributed by atoms with van der Waals surface area (Å²) in [5, 5.41) is 0. The van der Waals surface area contributed by atoms with Gasteiger partial charge in [0.15, 0.2) is 0 Å². The van der Waals surface area contributed by atoms with Gasteiger partial charge >= 0.3 is 0 Å². The molecule has 0 aliphatic heterocycles. The molecular weight excluding hydrogens is 675 g/mol. The molecule has 262 valence electrons. The van der Waals surface area contributed by atoms with E-state index in [2.05, 4.69) is 229 Å². The van der Waals surface area contributed by atoms with E-state index < -0.39 is 5.41 Å². The molecule has 2 aliphatic rings. The maximum absolute atomic E-state index is 2.49. The first-order chi connectivity index (χ1) is 27.8. The maximum Gasteiger partial charge on any atom is 0.0726 e. The summed E-state index contributed by atoms with van der Waals surface area (Å²) < 4.78 is 0. The molecule has 9 aromatic carbocycles. The van der Waals surface area contributed by atoms with E-state index in [0.717, 1.165) is 17.1 Å². The fourth-order valence-electron chi connectivity index (χ4n) is 9.66. The lowest BCUT2D eigenvalue weighted by atomic mass is 9.70. The van der Waals surface area contributed by atoms with Gasteiger partial charge in [-0.3, -0.25) is 0 Å². The third kappa shape index (κ3) is 4.74. The van der Waals surface area contributed by atoms with Crippen molar-refractivity contribution >= 4 is 17.1 Å². The maximum atomic E-state index is 2.49. The lowest BCUT2D eigenvalue weighted by molar-refractivity contribution is 0.793. The molecule has 0 heterocycles. The number of hydrogen-bond donors (Lipinski definition) is 0. The molecule has 11 rings (SSSR count). The third-order valence-electron chi connectivity index (χ3n) is 11.9. The minimum absolute atomic E-state index is 0.438. The molecule has 1 heteroatoms. The Balaban J connectivity index is 1.22. The van der Waals surface area contributed by atoms with Crippen LogP contribution < -0.4 is 4.90 Å². The topological polar surface area (TPSA) is 3.24 Å². The lowest BCUT2D eigenvalue weighted by Crippen LogP contribution is -2.26. The molecule has 9 aromatic rings. The van der Waals surface area contributed by atoms with Gasteiger partial charge in [-0.15, -0.1) is 0 Å². The average Bonchev–Trinajstić information content (AvgIpc) is 3.75. The van der Waals surface area contributed by atoms with Crippen LogP contribution in [0.25, 0.3) is 55.6 Å². The number of fused-ring (bicyclic) bond motifs is 10. The van der Waals surface area contributed by atoms with Crippen molar-refractivity contribution in [3.05, 3.63) is 247 Å². The minimum atomic E-state index is -0.438. The molecule has 0 atom stereocenters. The van der Waals surface area contributed by atoms with E-state index in [1.54, 1.807) is 0 Å². The van der Waals surface area contributed by atoms with E-state index in [0.29, 0.717) is 0 Å². The molecule has 0 unspecified atom stereocenters. The fourth-order valence-corrected chi connectivity index (χ4v) is 9.66. The minimum Gasteiger partial charge on any atom is -0.310 e. The van der Waals surface area contributed by atoms with Crippen LogP contribution in [0.2, 0.25) is 0 Å². The fraction of sp³-hybridized carbons (Fsp3) is 0.0182. The largest absolute Gasteiger partial charge is 0.310 e. The molecule has 2 aliphatic carbocycles. The highest BCUT2D eigenvalue weighted by molar-refractivity contribution is 6.02. The molecular formula is C55H37N. The Kier molecular flexibility index (Phi) is 7.47. The summed E-state index contributed by atoms with van der Waals surface area (Å²) in [6.45, 7) is 0. The summed E-state index contributed by atoms with van der Waals surface area (Å²) >= 11 is 0. The van der Waals surface area contributed by atoms with Crippen LogP contribution in [0.5, 0.6) is 0 Å². The van der Waals surface area contributed by atoms with E-state index in [9.17, 15) is 0 Å². The lowest BCUT2D eigenvalue weighted by Gasteiger charge is -2.33. The van der Waals surface area contributed by atoms with Crippen molar-refractivity contribution in [2.75, 3.05) is 4.90 Å². The van der Waals surface area contributed by atoms with Gasteiger partial charge in [-0.1, -0.05) is 194 Å². The Labute approximate surface area is 328 Å². The van der Waals surface area contributed by atoms with Crippen LogP contribution in [-0.2, 0) is 5.41 Å². The van der Waals surface area contributed by atoms with Gasteiger partial charge in [0.2, 0.25) is 0 Å². The van der Waals surface area contributed by atoms with Gasteiger partial charge < -0.3 is 4.90 Å². The number of rotatable bonds is 6. The zero-order chi connectivity index (χ0) is 37.1. The molecule has 0 amide bonds. The zero-order valence-electron chi connectivity index (χ0n) is 30.8. The molecule has 0 saturated heterocycles. The van der Waals surface area contributed by atoms with E-state index in [1.165, 1.54) is 77.9 Å². The zero-order valence-corrected chi connectivity index (χ0v) is 30.8. The smallest absolute Gasteiger partial charge is 0.0726 e. The standard InChI is InChI=1S/C55H37N/c1-4-19-38(20-5-1)42-25-10-11-29-48(42)54-43(39-21-6-2-7-22-39)30-18-34-53(54)56(40-23-8-3-9-24-40)41-35-36-47-46-28-14-17-33-51(46)55(52(47)37-41)49-31-15-12-26-44(49)45-27-13-16-32-50(45)55/h1-37H. The summed E-state index contributed by atoms with van der Waals surface area (Å²) in [7, 11) is 0. The summed E-state index contributed by atoms with van der Waals surface area (Å²) in [6, 6.07) is 82.5. The molecule has 0 N–H and O–H groups in total. The number of hydrogen-bond acceptors (Lipinski definition) is 1. The molecule has 1 nitrogen and oxygen atoms in total. The van der Waals surface area contributed by atoms with Gasteiger partial charge in [0, 0.05) is 16.9 Å². The third-order valence-corrected chi connectivity index (χ3v) is 11.9. The highest BCUT2D eigenvalue weighted by atomic mass is 15.1. The van der Waals surface area contributed by atoms with Crippen LogP contribution in [0.4, 0.5) is 17.1 Å². The number of nitrogens with zero attached hydrogens (tertiary/aromatic N) is 1. The van der Waals surface area contributed by atoms with Crippen molar-refractivity contribution in [2.45, 2.75) is 5.41 Å². The Hall–Kier alpha value is -7.22. The Morgan fingerprint density at radius 1 is 0.268 bits per heavy atom. The molecule has 0 saturated carbocycles. The van der Waals surface area contributed by atoms with Crippen molar-refractivity contribution in [1.29, 1.82) is 0 Å². The van der Waals surface area contributed by atoms with Gasteiger partial charge in [0.1, 0.15) is 0 Å². The van der Waals surface area contributed by atoms with Crippen LogP contribution in [0.15, 0.2) is 224 Å². The number of benzene rings is 9. The van der Waals surface area contributed by atoms with Gasteiger partial charge in [-0.05, 0) is 103 Å². The number of para-hydroxylation sites is 1. The molecule has 0 bridgehead atoms. The summed E-state index contributed by atoms with van der Waals surface area (Å²) in [4.78, 5) is 2.48. The summed E-state index contributed by atoms with van der Waals surface area (Å²) in [6.07, 6.45) is 0. The predicted octanol–water partition coefficient (Wildman–Crippen LogP) is 14.5. The monoisotopic (exact) mass is 711 g/mol. The van der Waals surface area contributed by atoms with Crippen molar-refractivity contribution in [3.63, 3.8) is 0 Å². The van der Waals surface area contributed by atoms with Crippen LogP contribution in [0.1, 0.15) is 22.3 Å². The SMILES string of the molecule is c1ccc(-c2ccccc2-c2c(-c3ccccc3)cccc2N(c2ccccc2)c2ccc3c(c2)C2(c4ccccc4-c4ccccc42)c2ccccc2-3)cc1. The van der Waals surface area contributed by atoms with Crippen molar-refractivity contribution in [1.82, 2.24) is 0 Å². The first-order valence-corrected chi connectivity index (χ1v) is 19.4. The van der Waals surface area contributed by atoms with Crippen LogP contribution in [0, 0.1) is 0 Å². The molecule has 0 aromatic heterocycles. The van der Waals surface area contributed by atoms with E-state index in [4.69, 9.17) is 0 Å². The van der Waals surface area contributed by atoms with E-state index >= 15 is 0 Å². The summed E-state index contributed by atoms with van der Waals surface area (Å²) in [5.74, 6) is 0. The first-order valence-electron chi connectivity index (χ1n) is 19.4. The van der Waals surface area contributed by atoms with Gasteiger partial charge in [-0.25, -0.2) is 0 Å². The van der Waals surface area contributed by atoms with Crippen molar-refractivity contribution in [3.8, 4) is 55.6 Å². The Morgan fingerprint density at radius 2 is 0.696 bits per heavy atom. The second-order valence-electron chi connectivity index (χ2n) is 14.8. The van der Waals surface area contributed by atoms with Crippen LogP contribution in [-0.4, -0.2) is 0 Å². The van der Waals surface area contributed by atoms with Crippen molar-refractivity contribution < 1.29 is 0 Å². The summed E-state index contributed by atoms with van der Waals surface area (Å²) in [5.41, 5.74) is 20.6. The van der Waals surface area contributed by atoms with Crippen LogP contribution in [0.3, 0.4) is 0 Å². The predicted molar refractivity (Wildman–Crippen MR) is 234 cm³/mol. The quantitative estimate of drug-likeness (QED) is 0.166. The van der Waals surface area contributed by atoms with Gasteiger partial charge in [0.05, 0.1) is 11.1 Å². The number of anilines is 3.